The van der Waals surface area contributed by atoms with Crippen LogP contribution < -0.4 is 4.74 Å². The van der Waals surface area contributed by atoms with E-state index in [0.29, 0.717) is 17.5 Å². The zero-order valence-electron chi connectivity index (χ0n) is 15.7. The maximum atomic E-state index is 10.8. The molecule has 1 heterocycles. The van der Waals surface area contributed by atoms with Crippen LogP contribution in [0.15, 0.2) is 36.0 Å². The largest absolute Gasteiger partial charge is 0.485 e. The molecule has 0 saturated carbocycles. The Balaban J connectivity index is 2.23. The first-order valence-corrected chi connectivity index (χ1v) is 9.32. The second-order valence-electron chi connectivity index (χ2n) is 7.02. The van der Waals surface area contributed by atoms with Gasteiger partial charge in [0.2, 0.25) is 0 Å². The van der Waals surface area contributed by atoms with Gasteiger partial charge in [0.15, 0.2) is 11.0 Å². The highest BCUT2D eigenvalue weighted by Gasteiger charge is 2.20. The van der Waals surface area contributed by atoms with Crippen LogP contribution in [0.25, 0.3) is 0 Å². The molecule has 0 aliphatic carbocycles. The van der Waals surface area contributed by atoms with Crippen LogP contribution in [-0.4, -0.2) is 31.6 Å². The van der Waals surface area contributed by atoms with E-state index in [1.165, 1.54) is 0 Å². The first-order valence-electron chi connectivity index (χ1n) is 8.34. The molecule has 26 heavy (non-hydrogen) atoms. The molecule has 1 aromatic heterocycles. The van der Waals surface area contributed by atoms with Crippen LogP contribution in [0.1, 0.15) is 37.7 Å². The van der Waals surface area contributed by atoms with Crippen molar-refractivity contribution in [3.8, 4) is 5.75 Å². The zero-order valence-corrected chi connectivity index (χ0v) is 16.5. The molecule has 0 fully saturated rings. The van der Waals surface area contributed by atoms with E-state index in [4.69, 9.17) is 9.84 Å². The number of allylic oxidation sites excluding steroid dienone is 1. The molecule has 0 saturated heterocycles. The van der Waals surface area contributed by atoms with Gasteiger partial charge in [0.25, 0.3) is 0 Å². The first kappa shape index (κ1) is 20.0. The van der Waals surface area contributed by atoms with E-state index >= 15 is 0 Å². The second kappa shape index (κ2) is 8.40. The molecule has 140 valence electrons. The zero-order chi connectivity index (χ0) is 19.3. The molecule has 1 N–H and O–H groups in total. The summed E-state index contributed by atoms with van der Waals surface area (Å²) >= 11 is 1.13. The summed E-state index contributed by atoms with van der Waals surface area (Å²) in [6, 6.07) is 6.19. The highest BCUT2D eigenvalue weighted by molar-refractivity contribution is 7.99. The third-order valence-electron chi connectivity index (χ3n) is 3.73. The SMILES string of the molecule is C=CCn1c(COc2cc(C)ccc2C(C)(C)C)nnc1SCC(=O)O. The monoisotopic (exact) mass is 375 g/mol. The lowest BCUT2D eigenvalue weighted by molar-refractivity contribution is -0.133. The number of hydrogen-bond acceptors (Lipinski definition) is 5. The van der Waals surface area contributed by atoms with E-state index < -0.39 is 5.97 Å². The number of aromatic nitrogens is 3. The minimum Gasteiger partial charge on any atom is -0.485 e. The van der Waals surface area contributed by atoms with Crippen molar-refractivity contribution in [2.24, 2.45) is 0 Å². The van der Waals surface area contributed by atoms with Gasteiger partial charge in [-0.15, -0.1) is 16.8 Å². The number of nitrogens with zero attached hydrogens (tertiary/aromatic N) is 3. The summed E-state index contributed by atoms with van der Waals surface area (Å²) in [5.74, 6) is 0.502. The summed E-state index contributed by atoms with van der Waals surface area (Å²) in [4.78, 5) is 10.8. The van der Waals surface area contributed by atoms with Gasteiger partial charge in [-0.05, 0) is 29.5 Å². The van der Waals surface area contributed by atoms with Crippen molar-refractivity contribution in [1.82, 2.24) is 14.8 Å². The maximum Gasteiger partial charge on any atom is 0.313 e. The summed E-state index contributed by atoms with van der Waals surface area (Å²) in [5, 5.41) is 17.7. The topological polar surface area (TPSA) is 77.2 Å². The molecule has 0 amide bonds. The second-order valence-corrected chi connectivity index (χ2v) is 7.96. The number of carbonyl (C=O) groups is 1. The Morgan fingerprint density at radius 2 is 2.12 bits per heavy atom. The summed E-state index contributed by atoms with van der Waals surface area (Å²) in [6.45, 7) is 13.0. The summed E-state index contributed by atoms with van der Waals surface area (Å²) in [6.07, 6.45) is 1.73. The fourth-order valence-corrected chi connectivity index (χ4v) is 3.17. The molecule has 0 bridgehead atoms. The third kappa shape index (κ3) is 5.11. The molecule has 0 unspecified atom stereocenters. The molecular formula is C19H25N3O3S. The highest BCUT2D eigenvalue weighted by atomic mass is 32.2. The van der Waals surface area contributed by atoms with Gasteiger partial charge in [0.05, 0.1) is 5.75 Å². The lowest BCUT2D eigenvalue weighted by Gasteiger charge is -2.23. The predicted octanol–water partition coefficient (Wildman–Crippen LogP) is 3.83. The Labute approximate surface area is 158 Å². The molecule has 0 aliphatic rings. The van der Waals surface area contributed by atoms with Gasteiger partial charge in [-0.25, -0.2) is 0 Å². The Bertz CT molecular complexity index is 794. The van der Waals surface area contributed by atoms with Crippen molar-refractivity contribution < 1.29 is 14.6 Å². The molecule has 0 aliphatic heterocycles. The van der Waals surface area contributed by atoms with Crippen molar-refractivity contribution in [2.45, 2.75) is 51.4 Å². The molecule has 0 radical (unpaired) electrons. The van der Waals surface area contributed by atoms with E-state index in [9.17, 15) is 4.79 Å². The number of hydrogen-bond donors (Lipinski definition) is 1. The lowest BCUT2D eigenvalue weighted by Crippen LogP contribution is -2.15. The summed E-state index contributed by atoms with van der Waals surface area (Å²) in [7, 11) is 0. The van der Waals surface area contributed by atoms with Crippen LogP contribution in [0, 0.1) is 6.92 Å². The van der Waals surface area contributed by atoms with Crippen LogP contribution in [0.2, 0.25) is 0 Å². The summed E-state index contributed by atoms with van der Waals surface area (Å²) < 4.78 is 7.90. The number of rotatable bonds is 8. The number of carboxylic acid groups (broad SMARTS) is 1. The molecule has 7 heteroatoms. The minimum absolute atomic E-state index is 0.0413. The third-order valence-corrected chi connectivity index (χ3v) is 4.68. The fourth-order valence-electron chi connectivity index (χ4n) is 2.48. The smallest absolute Gasteiger partial charge is 0.313 e. The van der Waals surface area contributed by atoms with E-state index in [1.54, 1.807) is 6.08 Å². The molecule has 0 spiro atoms. The molecule has 1 aromatic carbocycles. The standard InChI is InChI=1S/C19H25N3O3S/c1-6-9-22-16(20-21-18(22)26-12-17(23)24)11-25-15-10-13(2)7-8-14(15)19(3,4)5/h6-8,10H,1,9,11-12H2,2-5H3,(H,23,24). The Kier molecular flexibility index (Phi) is 6.47. The summed E-state index contributed by atoms with van der Waals surface area (Å²) in [5.41, 5.74) is 2.21. The highest BCUT2D eigenvalue weighted by Crippen LogP contribution is 2.32. The number of thioether (sulfide) groups is 1. The number of benzene rings is 1. The van der Waals surface area contributed by atoms with Gasteiger partial charge in [0, 0.05) is 6.54 Å². The molecule has 2 aromatic rings. The number of carboxylic acids is 1. The van der Waals surface area contributed by atoms with Gasteiger partial charge >= 0.3 is 5.97 Å². The van der Waals surface area contributed by atoms with E-state index in [0.717, 1.165) is 28.6 Å². The first-order chi connectivity index (χ1) is 12.2. The van der Waals surface area contributed by atoms with Gasteiger partial charge in [-0.1, -0.05) is 50.7 Å². The normalized spacial score (nSPS) is 11.4. The van der Waals surface area contributed by atoms with Crippen molar-refractivity contribution in [3.63, 3.8) is 0 Å². The van der Waals surface area contributed by atoms with E-state index in [2.05, 4.69) is 49.7 Å². The Morgan fingerprint density at radius 1 is 1.38 bits per heavy atom. The fraction of sp³-hybridized carbons (Fsp3) is 0.421. The predicted molar refractivity (Wildman–Crippen MR) is 103 cm³/mol. The van der Waals surface area contributed by atoms with Crippen molar-refractivity contribution >= 4 is 17.7 Å². The average molecular weight is 375 g/mol. The van der Waals surface area contributed by atoms with E-state index in [-0.39, 0.29) is 17.8 Å². The maximum absolute atomic E-state index is 10.8. The van der Waals surface area contributed by atoms with E-state index in [1.807, 2.05) is 17.6 Å². The van der Waals surface area contributed by atoms with Crippen molar-refractivity contribution in [2.75, 3.05) is 5.75 Å². The molecular weight excluding hydrogens is 350 g/mol. The minimum atomic E-state index is -0.893. The van der Waals surface area contributed by atoms with Gasteiger partial charge in [-0.3, -0.25) is 9.36 Å². The van der Waals surface area contributed by atoms with Crippen LogP contribution in [0.4, 0.5) is 0 Å². The number of aryl methyl sites for hydroxylation is 1. The van der Waals surface area contributed by atoms with Gasteiger partial charge in [0.1, 0.15) is 12.4 Å². The number of aliphatic carboxylic acids is 1. The number of ether oxygens (including phenoxy) is 1. The average Bonchev–Trinajstić information content (AvgIpc) is 2.92. The van der Waals surface area contributed by atoms with Crippen LogP contribution in [0.5, 0.6) is 5.75 Å². The quantitative estimate of drug-likeness (QED) is 0.558. The molecule has 6 nitrogen and oxygen atoms in total. The van der Waals surface area contributed by atoms with Gasteiger partial charge in [-0.2, -0.15) is 0 Å². The Hall–Kier alpha value is -2.28. The molecule has 2 rings (SSSR count). The van der Waals surface area contributed by atoms with Crippen LogP contribution in [-0.2, 0) is 23.4 Å². The van der Waals surface area contributed by atoms with Crippen molar-refractivity contribution in [3.05, 3.63) is 47.8 Å². The molecule has 0 atom stereocenters. The van der Waals surface area contributed by atoms with Gasteiger partial charge < -0.3 is 9.84 Å². The Morgan fingerprint density at radius 3 is 2.73 bits per heavy atom. The van der Waals surface area contributed by atoms with Crippen LogP contribution >= 0.6 is 11.8 Å². The van der Waals surface area contributed by atoms with Crippen LogP contribution in [0.3, 0.4) is 0 Å². The lowest BCUT2D eigenvalue weighted by atomic mass is 9.86. The van der Waals surface area contributed by atoms with Crippen molar-refractivity contribution in [1.29, 1.82) is 0 Å².